The molecule has 0 aromatic rings. The third kappa shape index (κ3) is 1.17. The van der Waals surface area contributed by atoms with E-state index in [0.717, 1.165) is 0 Å². The van der Waals surface area contributed by atoms with Crippen LogP contribution in [0, 0.1) is 11.8 Å². The molecule has 17 heavy (non-hydrogen) atoms. The van der Waals surface area contributed by atoms with E-state index in [-0.39, 0.29) is 11.9 Å². The number of nitrogens with zero attached hydrogens (tertiary/aromatic N) is 1. The highest BCUT2D eigenvalue weighted by Crippen LogP contribution is 2.51. The van der Waals surface area contributed by atoms with E-state index in [1.807, 2.05) is 19.9 Å². The number of amides is 1. The van der Waals surface area contributed by atoms with Gasteiger partial charge < -0.3 is 19.5 Å². The first-order valence-electron chi connectivity index (χ1n) is 5.85. The lowest BCUT2D eigenvalue weighted by Crippen LogP contribution is -2.45. The average molecular weight is 236 g/mol. The molecule has 3 heterocycles. The molecular weight excluding hydrogens is 222 g/mol. The van der Waals surface area contributed by atoms with Gasteiger partial charge in [0.25, 0.3) is 0 Å². The summed E-state index contributed by atoms with van der Waals surface area (Å²) >= 11 is 0. The van der Waals surface area contributed by atoms with Gasteiger partial charge in [-0.15, -0.1) is 0 Å². The van der Waals surface area contributed by atoms with Crippen LogP contribution in [0.25, 0.3) is 0 Å². The number of carboxylic acids is 1. The van der Waals surface area contributed by atoms with Gasteiger partial charge in [0.1, 0.15) is 5.60 Å². The second kappa shape index (κ2) is 3.10. The Morgan fingerprint density at radius 3 is 2.94 bits per heavy atom. The SMILES string of the molecule is CC(C)N1C[C@]23C=C[C@H](O2)[C@H](C(=O)[O-])[C@@H]3C1=O. The third-order valence-electron chi connectivity index (χ3n) is 4.03. The summed E-state index contributed by atoms with van der Waals surface area (Å²) in [5.41, 5.74) is -0.725. The minimum absolute atomic E-state index is 0.0564. The van der Waals surface area contributed by atoms with E-state index in [4.69, 9.17) is 4.74 Å². The molecule has 3 rings (SSSR count). The summed E-state index contributed by atoms with van der Waals surface area (Å²) in [6, 6.07) is 0.0564. The molecule has 2 bridgehead atoms. The third-order valence-corrected chi connectivity index (χ3v) is 4.03. The quantitative estimate of drug-likeness (QED) is 0.572. The zero-order valence-corrected chi connectivity index (χ0v) is 9.75. The lowest BCUT2D eigenvalue weighted by molar-refractivity contribution is -0.313. The van der Waals surface area contributed by atoms with Crippen molar-refractivity contribution in [3.05, 3.63) is 12.2 Å². The first-order valence-corrected chi connectivity index (χ1v) is 5.85. The van der Waals surface area contributed by atoms with Crippen molar-refractivity contribution in [1.82, 2.24) is 4.90 Å². The minimum atomic E-state index is -1.19. The Hall–Kier alpha value is -1.36. The number of hydrogen-bond acceptors (Lipinski definition) is 4. The number of carbonyl (C=O) groups is 2. The van der Waals surface area contributed by atoms with Gasteiger partial charge in [-0.05, 0) is 13.8 Å². The number of hydrogen-bond donors (Lipinski definition) is 0. The molecule has 0 aromatic heterocycles. The maximum atomic E-state index is 12.2. The van der Waals surface area contributed by atoms with Crippen LogP contribution < -0.4 is 5.11 Å². The van der Waals surface area contributed by atoms with E-state index in [1.165, 1.54) is 0 Å². The predicted molar refractivity (Wildman–Crippen MR) is 55.6 cm³/mol. The van der Waals surface area contributed by atoms with Gasteiger partial charge >= 0.3 is 0 Å². The van der Waals surface area contributed by atoms with Gasteiger partial charge in [-0.1, -0.05) is 12.2 Å². The number of rotatable bonds is 2. The topological polar surface area (TPSA) is 69.7 Å². The monoisotopic (exact) mass is 236 g/mol. The second-order valence-electron chi connectivity index (χ2n) is 5.28. The van der Waals surface area contributed by atoms with Crippen LogP contribution in [0.4, 0.5) is 0 Å². The number of carbonyl (C=O) groups excluding carboxylic acids is 2. The number of aliphatic carboxylic acids is 1. The standard InChI is InChI=1S/C12H15NO4/c1-6(2)13-5-12-4-3-7(17-12)8(11(15)16)9(12)10(13)14/h3-4,6-9H,5H2,1-2H3,(H,15,16)/p-1/t7-,8-,9+,12-/m0/s1. The van der Waals surface area contributed by atoms with Crippen LogP contribution >= 0.6 is 0 Å². The molecule has 5 heteroatoms. The van der Waals surface area contributed by atoms with E-state index in [1.54, 1.807) is 11.0 Å². The van der Waals surface area contributed by atoms with Crippen LogP contribution in [0.2, 0.25) is 0 Å². The Labute approximate surface area is 99.0 Å². The lowest BCUT2D eigenvalue weighted by atomic mass is 9.77. The number of likely N-dealkylation sites (tertiary alicyclic amines) is 1. The molecule has 0 saturated carbocycles. The highest BCUT2D eigenvalue weighted by molar-refractivity contribution is 5.90. The molecule has 5 nitrogen and oxygen atoms in total. The average Bonchev–Trinajstić information content (AvgIpc) is 2.86. The van der Waals surface area contributed by atoms with Gasteiger partial charge in [0.2, 0.25) is 5.91 Å². The molecule has 0 N–H and O–H groups in total. The fourth-order valence-electron chi connectivity index (χ4n) is 3.23. The zero-order chi connectivity index (χ0) is 12.4. The van der Waals surface area contributed by atoms with Gasteiger partial charge in [0.15, 0.2) is 0 Å². The first kappa shape index (κ1) is 10.8. The predicted octanol–water partition coefficient (Wildman–Crippen LogP) is -1.07. The number of ether oxygens (including phenoxy) is 1. The van der Waals surface area contributed by atoms with Crippen molar-refractivity contribution in [3.8, 4) is 0 Å². The van der Waals surface area contributed by atoms with Crippen molar-refractivity contribution in [2.75, 3.05) is 6.54 Å². The number of carboxylic acid groups (broad SMARTS) is 1. The van der Waals surface area contributed by atoms with Crippen molar-refractivity contribution in [2.45, 2.75) is 31.6 Å². The van der Waals surface area contributed by atoms with Crippen LogP contribution in [0.15, 0.2) is 12.2 Å². The Morgan fingerprint density at radius 2 is 2.35 bits per heavy atom. The minimum Gasteiger partial charge on any atom is -0.550 e. The van der Waals surface area contributed by atoms with E-state index >= 15 is 0 Å². The molecule has 0 unspecified atom stereocenters. The molecule has 2 saturated heterocycles. The molecule has 3 aliphatic heterocycles. The van der Waals surface area contributed by atoms with Gasteiger partial charge in [-0.2, -0.15) is 0 Å². The molecular formula is C12H14NO4-. The van der Waals surface area contributed by atoms with E-state index < -0.39 is 29.5 Å². The van der Waals surface area contributed by atoms with Crippen molar-refractivity contribution >= 4 is 11.9 Å². The molecule has 3 aliphatic rings. The van der Waals surface area contributed by atoms with Crippen LogP contribution in [-0.4, -0.2) is 41.1 Å². The summed E-state index contributed by atoms with van der Waals surface area (Å²) in [4.78, 5) is 25.1. The fourth-order valence-corrected chi connectivity index (χ4v) is 3.23. The van der Waals surface area contributed by atoms with Gasteiger partial charge in [-0.3, -0.25) is 4.79 Å². The molecule has 0 aliphatic carbocycles. The zero-order valence-electron chi connectivity index (χ0n) is 9.75. The van der Waals surface area contributed by atoms with Crippen LogP contribution in [0.1, 0.15) is 13.8 Å². The molecule has 92 valence electrons. The molecule has 2 fully saturated rings. The number of fused-ring (bicyclic) bond motifs is 1. The maximum Gasteiger partial charge on any atom is 0.230 e. The highest BCUT2D eigenvalue weighted by atomic mass is 16.5. The molecule has 1 amide bonds. The second-order valence-corrected chi connectivity index (χ2v) is 5.28. The van der Waals surface area contributed by atoms with Crippen LogP contribution in [0.3, 0.4) is 0 Å². The Kier molecular flexibility index (Phi) is 1.96. The van der Waals surface area contributed by atoms with Crippen molar-refractivity contribution in [1.29, 1.82) is 0 Å². The van der Waals surface area contributed by atoms with Crippen molar-refractivity contribution in [3.63, 3.8) is 0 Å². The summed E-state index contributed by atoms with van der Waals surface area (Å²) in [5.74, 6) is -2.76. The molecule has 0 radical (unpaired) electrons. The summed E-state index contributed by atoms with van der Waals surface area (Å²) < 4.78 is 5.71. The van der Waals surface area contributed by atoms with Crippen molar-refractivity contribution < 1.29 is 19.4 Å². The Morgan fingerprint density at radius 1 is 1.65 bits per heavy atom. The van der Waals surface area contributed by atoms with Crippen molar-refractivity contribution in [2.24, 2.45) is 11.8 Å². The lowest BCUT2D eigenvalue weighted by Gasteiger charge is -2.25. The van der Waals surface area contributed by atoms with Crippen LogP contribution in [0.5, 0.6) is 0 Å². The summed E-state index contributed by atoms with van der Waals surface area (Å²) in [6.45, 7) is 4.28. The fraction of sp³-hybridized carbons (Fsp3) is 0.667. The molecule has 4 atom stereocenters. The largest absolute Gasteiger partial charge is 0.550 e. The summed E-state index contributed by atoms with van der Waals surface area (Å²) in [5, 5.41) is 11.2. The van der Waals surface area contributed by atoms with E-state index in [2.05, 4.69) is 0 Å². The Bertz CT molecular complexity index is 430. The highest BCUT2D eigenvalue weighted by Gasteiger charge is 2.65. The van der Waals surface area contributed by atoms with E-state index in [9.17, 15) is 14.7 Å². The molecule has 0 aromatic carbocycles. The normalized spacial score (nSPS) is 42.6. The van der Waals surface area contributed by atoms with E-state index in [0.29, 0.717) is 6.54 Å². The summed E-state index contributed by atoms with van der Waals surface area (Å²) in [7, 11) is 0. The van der Waals surface area contributed by atoms with Crippen LogP contribution in [-0.2, 0) is 14.3 Å². The maximum absolute atomic E-state index is 12.2. The molecule has 1 spiro atoms. The summed E-state index contributed by atoms with van der Waals surface area (Å²) in [6.07, 6.45) is 3.10. The van der Waals surface area contributed by atoms with Gasteiger partial charge in [0, 0.05) is 17.9 Å². The smallest absolute Gasteiger partial charge is 0.230 e. The Balaban J connectivity index is 2.01. The van der Waals surface area contributed by atoms with Gasteiger partial charge in [0.05, 0.1) is 18.6 Å². The van der Waals surface area contributed by atoms with Gasteiger partial charge in [-0.25, -0.2) is 0 Å². The first-order chi connectivity index (χ1) is 7.96.